The summed E-state index contributed by atoms with van der Waals surface area (Å²) in [6.07, 6.45) is 0.623. The molecule has 6 heteroatoms. The Kier molecular flexibility index (Phi) is 2.91. The van der Waals surface area contributed by atoms with Crippen LogP contribution in [0.5, 0.6) is 0 Å². The van der Waals surface area contributed by atoms with Gasteiger partial charge in [-0.1, -0.05) is 17.7 Å². The summed E-state index contributed by atoms with van der Waals surface area (Å²) >= 11 is 5.74. The van der Waals surface area contributed by atoms with Gasteiger partial charge in [-0.15, -0.1) is 0 Å². The molecule has 0 atom stereocenters. The highest BCUT2D eigenvalue weighted by Gasteiger charge is 2.13. The third-order valence-corrected chi connectivity index (χ3v) is 3.20. The topological polar surface area (TPSA) is 41.6 Å². The molecule has 3 aromatic rings. The Morgan fingerprint density at radius 1 is 1.11 bits per heavy atom. The number of hydrogen-bond donors (Lipinski definition) is 1. The predicted molar refractivity (Wildman–Crippen MR) is 69.3 cm³/mol. The van der Waals surface area contributed by atoms with Crippen molar-refractivity contribution in [1.29, 1.82) is 0 Å². The molecule has 0 saturated carbocycles. The maximum atomic E-state index is 12.8. The minimum Gasteiger partial charge on any atom is -0.276 e. The number of hydrogen-bond acceptors (Lipinski definition) is 2. The van der Waals surface area contributed by atoms with Gasteiger partial charge in [-0.25, -0.2) is 8.78 Å². The van der Waals surface area contributed by atoms with Gasteiger partial charge in [-0.3, -0.25) is 10.1 Å². The van der Waals surface area contributed by atoms with Gasteiger partial charge >= 0.3 is 0 Å². The Morgan fingerprint density at radius 2 is 1.95 bits per heavy atom. The second-order valence-electron chi connectivity index (χ2n) is 4.06. The number of H-pyrrole nitrogens is 1. The van der Waals surface area contributed by atoms with Crippen LogP contribution < -0.4 is 0 Å². The number of halogens is 3. The van der Waals surface area contributed by atoms with Gasteiger partial charge < -0.3 is 0 Å². The summed E-state index contributed by atoms with van der Waals surface area (Å²) in [5.41, 5.74) is 2.68. The fourth-order valence-corrected chi connectivity index (χ4v) is 2.08. The second kappa shape index (κ2) is 4.59. The molecule has 19 heavy (non-hydrogen) atoms. The lowest BCUT2D eigenvalue weighted by Gasteiger charge is -2.07. The summed E-state index contributed by atoms with van der Waals surface area (Å²) in [6.45, 7) is 0. The maximum absolute atomic E-state index is 12.8. The summed E-state index contributed by atoms with van der Waals surface area (Å²) in [6, 6.07) is 6.35. The van der Waals surface area contributed by atoms with Crippen molar-refractivity contribution in [2.24, 2.45) is 0 Å². The molecule has 3 rings (SSSR count). The van der Waals surface area contributed by atoms with E-state index < -0.39 is 6.43 Å². The minimum absolute atomic E-state index is 0.0642. The summed E-state index contributed by atoms with van der Waals surface area (Å²) < 4.78 is 25.6. The summed E-state index contributed by atoms with van der Waals surface area (Å²) in [5, 5.41) is 6.72. The molecular weight excluding hydrogens is 272 g/mol. The number of alkyl halides is 2. The van der Waals surface area contributed by atoms with Crippen LogP contribution in [-0.4, -0.2) is 15.2 Å². The van der Waals surface area contributed by atoms with E-state index >= 15 is 0 Å². The third kappa shape index (κ3) is 2.17. The van der Waals surface area contributed by atoms with Crippen LogP contribution in [0.2, 0.25) is 5.02 Å². The third-order valence-electron chi connectivity index (χ3n) is 2.85. The van der Waals surface area contributed by atoms with Gasteiger partial charge in [0.2, 0.25) is 0 Å². The summed E-state index contributed by atoms with van der Waals surface area (Å²) in [7, 11) is 0. The first-order valence-electron chi connectivity index (χ1n) is 5.52. The van der Waals surface area contributed by atoms with Crippen molar-refractivity contribution in [3.8, 4) is 11.1 Å². The molecule has 0 bridgehead atoms. The largest absolute Gasteiger partial charge is 0.276 e. The van der Waals surface area contributed by atoms with Crippen molar-refractivity contribution in [2.45, 2.75) is 6.43 Å². The molecule has 2 heterocycles. The van der Waals surface area contributed by atoms with E-state index in [0.717, 1.165) is 16.6 Å². The van der Waals surface area contributed by atoms with Gasteiger partial charge in [0.15, 0.2) is 0 Å². The van der Waals surface area contributed by atoms with Crippen molar-refractivity contribution in [3.05, 3.63) is 47.2 Å². The molecular formula is C13H8ClF2N3. The van der Waals surface area contributed by atoms with Gasteiger partial charge in [-0.2, -0.15) is 5.10 Å². The maximum Gasteiger partial charge on any atom is 0.265 e. The monoisotopic (exact) mass is 279 g/mol. The second-order valence-corrected chi connectivity index (χ2v) is 4.47. The van der Waals surface area contributed by atoms with Crippen molar-refractivity contribution in [2.75, 3.05) is 0 Å². The molecule has 3 nitrogen and oxygen atoms in total. The number of aromatic amines is 1. The van der Waals surface area contributed by atoms with E-state index in [1.54, 1.807) is 18.5 Å². The first-order chi connectivity index (χ1) is 9.15. The van der Waals surface area contributed by atoms with Crippen LogP contribution in [-0.2, 0) is 0 Å². The SMILES string of the molecule is FC(F)c1cc(-c2cnc3cn[nH]c3c2)ccc1Cl. The molecule has 0 amide bonds. The fourth-order valence-electron chi connectivity index (χ4n) is 1.88. The van der Waals surface area contributed by atoms with Gasteiger partial charge in [0.05, 0.1) is 11.7 Å². The van der Waals surface area contributed by atoms with E-state index in [-0.39, 0.29) is 10.6 Å². The zero-order chi connectivity index (χ0) is 13.4. The van der Waals surface area contributed by atoms with E-state index in [9.17, 15) is 8.78 Å². The fraction of sp³-hybridized carbons (Fsp3) is 0.0769. The van der Waals surface area contributed by atoms with E-state index in [2.05, 4.69) is 15.2 Å². The highest BCUT2D eigenvalue weighted by Crippen LogP contribution is 2.31. The van der Waals surface area contributed by atoms with E-state index in [1.807, 2.05) is 6.07 Å². The average Bonchev–Trinajstić information content (AvgIpc) is 2.86. The molecule has 0 unspecified atom stereocenters. The first kappa shape index (κ1) is 12.0. The number of nitrogens with zero attached hydrogens (tertiary/aromatic N) is 2. The molecule has 1 N–H and O–H groups in total. The first-order valence-corrected chi connectivity index (χ1v) is 5.90. The summed E-state index contributed by atoms with van der Waals surface area (Å²) in [4.78, 5) is 4.20. The average molecular weight is 280 g/mol. The molecule has 0 radical (unpaired) electrons. The van der Waals surface area contributed by atoms with Crippen LogP contribution in [0.4, 0.5) is 8.78 Å². The summed E-state index contributed by atoms with van der Waals surface area (Å²) in [5.74, 6) is 0. The van der Waals surface area contributed by atoms with Gasteiger partial charge in [-0.05, 0) is 23.8 Å². The number of fused-ring (bicyclic) bond motifs is 1. The molecule has 0 saturated heterocycles. The lowest BCUT2D eigenvalue weighted by atomic mass is 10.0. The van der Waals surface area contributed by atoms with Gasteiger partial charge in [0.1, 0.15) is 5.52 Å². The molecule has 0 aliphatic heterocycles. The van der Waals surface area contributed by atoms with Gasteiger partial charge in [0.25, 0.3) is 6.43 Å². The van der Waals surface area contributed by atoms with Crippen LogP contribution in [0, 0.1) is 0 Å². The smallest absolute Gasteiger partial charge is 0.265 e. The van der Waals surface area contributed by atoms with E-state index in [4.69, 9.17) is 11.6 Å². The molecule has 0 spiro atoms. The Bertz CT molecular complexity index is 740. The standard InChI is InChI=1S/C13H8ClF2N3/c14-10-2-1-7(3-9(10)13(15)16)8-4-11-12(17-5-8)6-18-19-11/h1-6,13H,(H,18,19). The lowest BCUT2D eigenvalue weighted by molar-refractivity contribution is 0.151. The molecule has 0 aliphatic carbocycles. The van der Waals surface area contributed by atoms with Crippen molar-refractivity contribution >= 4 is 22.6 Å². The van der Waals surface area contributed by atoms with Crippen LogP contribution in [0.3, 0.4) is 0 Å². The molecule has 2 aromatic heterocycles. The van der Waals surface area contributed by atoms with E-state index in [1.165, 1.54) is 12.1 Å². The Balaban J connectivity index is 2.12. The lowest BCUT2D eigenvalue weighted by Crippen LogP contribution is -1.88. The Hall–Kier alpha value is -2.01. The van der Waals surface area contributed by atoms with Crippen molar-refractivity contribution in [1.82, 2.24) is 15.2 Å². The number of nitrogens with one attached hydrogen (secondary N) is 1. The van der Waals surface area contributed by atoms with Crippen molar-refractivity contribution in [3.63, 3.8) is 0 Å². The van der Waals surface area contributed by atoms with Crippen LogP contribution in [0.25, 0.3) is 22.2 Å². The van der Waals surface area contributed by atoms with Crippen LogP contribution in [0.1, 0.15) is 12.0 Å². The molecule has 96 valence electrons. The zero-order valence-electron chi connectivity index (χ0n) is 9.57. The number of benzene rings is 1. The predicted octanol–water partition coefficient (Wildman–Crippen LogP) is 4.22. The normalized spacial score (nSPS) is 11.4. The number of pyridine rings is 1. The quantitative estimate of drug-likeness (QED) is 0.763. The number of rotatable bonds is 2. The highest BCUT2D eigenvalue weighted by molar-refractivity contribution is 6.31. The van der Waals surface area contributed by atoms with E-state index in [0.29, 0.717) is 5.56 Å². The molecule has 0 fully saturated rings. The highest BCUT2D eigenvalue weighted by atomic mass is 35.5. The molecule has 1 aromatic carbocycles. The van der Waals surface area contributed by atoms with Gasteiger partial charge in [0, 0.05) is 22.3 Å². The Morgan fingerprint density at radius 3 is 2.74 bits per heavy atom. The van der Waals surface area contributed by atoms with Crippen LogP contribution >= 0.6 is 11.6 Å². The number of aromatic nitrogens is 3. The van der Waals surface area contributed by atoms with Crippen LogP contribution in [0.15, 0.2) is 36.7 Å². The molecule has 0 aliphatic rings. The zero-order valence-corrected chi connectivity index (χ0v) is 10.3. The minimum atomic E-state index is -2.60. The Labute approximate surface area is 112 Å². The van der Waals surface area contributed by atoms with Crippen molar-refractivity contribution < 1.29 is 8.78 Å².